The summed E-state index contributed by atoms with van der Waals surface area (Å²) in [6.07, 6.45) is 0.610. The van der Waals surface area contributed by atoms with Gasteiger partial charge in [-0.2, -0.15) is 0 Å². The third-order valence-electron chi connectivity index (χ3n) is 8.83. The van der Waals surface area contributed by atoms with Gasteiger partial charge in [-0.1, -0.05) is 42.5 Å². The molecular formula is C37H38FN3O7. The van der Waals surface area contributed by atoms with Gasteiger partial charge in [-0.15, -0.1) is 0 Å². The van der Waals surface area contributed by atoms with Crippen LogP contribution in [0, 0.1) is 5.82 Å². The molecule has 0 aromatic heterocycles. The molecule has 4 amide bonds. The van der Waals surface area contributed by atoms with Gasteiger partial charge in [0.2, 0.25) is 17.4 Å². The van der Waals surface area contributed by atoms with Crippen molar-refractivity contribution in [3.63, 3.8) is 0 Å². The van der Waals surface area contributed by atoms with Crippen LogP contribution in [0.25, 0.3) is 0 Å². The molecule has 3 aromatic carbocycles. The highest BCUT2D eigenvalue weighted by molar-refractivity contribution is 6.06. The van der Waals surface area contributed by atoms with Crippen LogP contribution in [0.1, 0.15) is 79.1 Å². The Morgan fingerprint density at radius 3 is 2.29 bits per heavy atom. The zero-order valence-corrected chi connectivity index (χ0v) is 27.2. The van der Waals surface area contributed by atoms with Crippen molar-refractivity contribution in [3.05, 3.63) is 100 Å². The van der Waals surface area contributed by atoms with Crippen LogP contribution >= 0.6 is 0 Å². The first-order valence-corrected chi connectivity index (χ1v) is 16.0. The molecule has 0 radical (unpaired) electrons. The summed E-state index contributed by atoms with van der Waals surface area (Å²) in [5.41, 5.74) is 2.44. The van der Waals surface area contributed by atoms with E-state index in [-0.39, 0.29) is 55.7 Å². The summed E-state index contributed by atoms with van der Waals surface area (Å²) in [4.78, 5) is 78.8. The summed E-state index contributed by atoms with van der Waals surface area (Å²) in [6.45, 7) is 4.81. The van der Waals surface area contributed by atoms with E-state index in [9.17, 15) is 33.2 Å². The number of hydrogen-bond acceptors (Lipinski definition) is 7. The summed E-state index contributed by atoms with van der Waals surface area (Å²) in [5, 5.41) is 2.80. The van der Waals surface area contributed by atoms with Crippen LogP contribution in [-0.4, -0.2) is 57.8 Å². The summed E-state index contributed by atoms with van der Waals surface area (Å²) in [5.74, 6) is -1.85. The van der Waals surface area contributed by atoms with E-state index in [2.05, 4.69) is 5.32 Å². The Hall–Kier alpha value is -5.19. The number of aryl methyl sites for hydroxylation is 2. The second-order valence-electron chi connectivity index (χ2n) is 12.5. The Kier molecular flexibility index (Phi) is 10.2. The van der Waals surface area contributed by atoms with Gasteiger partial charge in [0.15, 0.2) is 5.78 Å². The van der Waals surface area contributed by atoms with Gasteiger partial charge in [0, 0.05) is 55.1 Å². The number of amides is 4. The molecule has 5 rings (SSSR count). The van der Waals surface area contributed by atoms with Gasteiger partial charge in [0.25, 0.3) is 5.91 Å². The van der Waals surface area contributed by atoms with Crippen LogP contribution in [0.5, 0.6) is 0 Å². The average Bonchev–Trinajstić information content (AvgIpc) is 3.53. The Balaban J connectivity index is 1.16. The molecule has 1 atom stereocenters. The molecule has 0 bridgehead atoms. The topological polar surface area (TPSA) is 130 Å². The van der Waals surface area contributed by atoms with Gasteiger partial charge in [-0.05, 0) is 74.6 Å². The molecule has 1 heterocycles. The molecule has 1 aliphatic carbocycles. The largest absolute Gasteiger partial charge is 0.427 e. The van der Waals surface area contributed by atoms with E-state index >= 15 is 0 Å². The number of hydrogen-bond donors (Lipinski definition) is 1. The number of Topliss-reactive ketones (excluding diaryl/α,β-unsaturated/α-hetero) is 2. The highest BCUT2D eigenvalue weighted by atomic mass is 19.1. The van der Waals surface area contributed by atoms with Crippen molar-refractivity contribution in [1.29, 1.82) is 0 Å². The minimum atomic E-state index is -1.55. The fourth-order valence-corrected chi connectivity index (χ4v) is 6.09. The number of ketones is 2. The van der Waals surface area contributed by atoms with Crippen LogP contribution in [0.15, 0.2) is 66.7 Å². The Labute approximate surface area is 278 Å². The van der Waals surface area contributed by atoms with Gasteiger partial charge >= 0.3 is 6.09 Å². The second kappa shape index (κ2) is 14.3. The zero-order chi connectivity index (χ0) is 34.6. The number of nitrogens with one attached hydrogen (secondary N) is 1. The minimum Gasteiger partial charge on any atom is -0.427 e. The molecule has 2 aliphatic rings. The number of ether oxygens (including phenoxy) is 1. The van der Waals surface area contributed by atoms with E-state index < -0.39 is 35.9 Å². The van der Waals surface area contributed by atoms with Crippen LogP contribution in [0.4, 0.5) is 14.9 Å². The average molecular weight is 656 g/mol. The number of nitrogens with zero attached hydrogens (tertiary/aromatic N) is 2. The quantitative estimate of drug-likeness (QED) is 0.241. The third kappa shape index (κ3) is 7.51. The smallest absolute Gasteiger partial charge is 0.418 e. The number of imide groups is 1. The number of carbonyl (C=O) groups excluding carboxylic acids is 6. The van der Waals surface area contributed by atoms with Crippen molar-refractivity contribution < 1.29 is 37.9 Å². The van der Waals surface area contributed by atoms with Crippen molar-refractivity contribution >= 4 is 41.1 Å². The number of halogens is 1. The van der Waals surface area contributed by atoms with Crippen molar-refractivity contribution in [3.8, 4) is 0 Å². The highest BCUT2D eigenvalue weighted by Gasteiger charge is 2.58. The fraction of sp³-hybridized carbons (Fsp3) is 0.351. The lowest BCUT2D eigenvalue weighted by Gasteiger charge is -2.28. The maximum absolute atomic E-state index is 13.7. The molecule has 11 heteroatoms. The molecule has 48 heavy (non-hydrogen) atoms. The minimum absolute atomic E-state index is 0.0107. The summed E-state index contributed by atoms with van der Waals surface area (Å²) in [6, 6.07) is 17.6. The van der Waals surface area contributed by atoms with Gasteiger partial charge in [-0.25, -0.2) is 14.1 Å². The molecule has 0 saturated carbocycles. The first kappa shape index (κ1) is 34.2. The molecule has 1 saturated heterocycles. The highest BCUT2D eigenvalue weighted by Crippen LogP contribution is 2.46. The van der Waals surface area contributed by atoms with Gasteiger partial charge in [0.05, 0.1) is 0 Å². The first-order chi connectivity index (χ1) is 22.9. The Morgan fingerprint density at radius 2 is 1.62 bits per heavy atom. The molecule has 0 unspecified atom stereocenters. The fourth-order valence-electron chi connectivity index (χ4n) is 6.09. The lowest BCUT2D eigenvalue weighted by Crippen LogP contribution is -2.46. The normalized spacial score (nSPS) is 16.6. The summed E-state index contributed by atoms with van der Waals surface area (Å²) in [7, 11) is 0. The van der Waals surface area contributed by atoms with Crippen LogP contribution in [-0.2, 0) is 48.9 Å². The lowest BCUT2D eigenvalue weighted by molar-refractivity contribution is -0.142. The monoisotopic (exact) mass is 655 g/mol. The number of anilines is 1. The molecule has 1 N–H and O–H groups in total. The van der Waals surface area contributed by atoms with Crippen molar-refractivity contribution in [2.24, 2.45) is 0 Å². The number of benzene rings is 3. The van der Waals surface area contributed by atoms with Crippen LogP contribution in [0.2, 0.25) is 0 Å². The Morgan fingerprint density at radius 1 is 0.938 bits per heavy atom. The zero-order valence-electron chi connectivity index (χ0n) is 27.2. The number of carbonyl (C=O) groups is 6. The van der Waals surface area contributed by atoms with Crippen molar-refractivity contribution in [2.45, 2.75) is 77.5 Å². The summed E-state index contributed by atoms with van der Waals surface area (Å²) >= 11 is 0. The number of fused-ring (bicyclic) bond motifs is 2. The number of rotatable bonds is 13. The Bertz CT molecular complexity index is 1750. The van der Waals surface area contributed by atoms with Gasteiger partial charge in [-0.3, -0.25) is 24.0 Å². The molecule has 3 aromatic rings. The maximum Gasteiger partial charge on any atom is 0.418 e. The molecule has 1 spiro atoms. The summed E-state index contributed by atoms with van der Waals surface area (Å²) < 4.78 is 19.0. The molecular weight excluding hydrogens is 617 g/mol. The van der Waals surface area contributed by atoms with E-state index in [1.54, 1.807) is 42.5 Å². The van der Waals surface area contributed by atoms with E-state index in [4.69, 9.17) is 4.74 Å². The predicted octanol–water partition coefficient (Wildman–Crippen LogP) is 5.51. The van der Waals surface area contributed by atoms with E-state index in [0.717, 1.165) is 16.0 Å². The van der Waals surface area contributed by atoms with Crippen LogP contribution < -0.4 is 5.32 Å². The molecule has 1 aliphatic heterocycles. The second-order valence-corrected chi connectivity index (χ2v) is 12.5. The standard InChI is InChI=1S/C37H38FN3O7/c1-23(2)40(21-26-6-11-29(38)12-7-26)34(45)22-41-35(46)37(48-36(41)47)19-18-28-20-30(13-16-32(28)37)39-33(44)17-15-31(43)14-8-25-4-9-27(10-5-25)24(3)42/h4-7,9-13,16,20,23H,8,14-15,17-19,21-22H2,1-3H3,(H,39,44)/t37-/m1/s1. The molecule has 250 valence electrons. The SMILES string of the molecule is CC(=O)c1ccc(CCC(=O)CCC(=O)Nc2ccc3c(c2)CC[C@@]32OC(=O)N(CC(=O)N(Cc3ccc(F)cc3)C(C)C)C2=O)cc1. The lowest BCUT2D eigenvalue weighted by atomic mass is 9.94. The maximum atomic E-state index is 13.7. The van der Waals surface area contributed by atoms with Gasteiger partial charge < -0.3 is 15.0 Å². The third-order valence-corrected chi connectivity index (χ3v) is 8.83. The molecule has 1 fully saturated rings. The van der Waals surface area contributed by atoms with E-state index in [1.807, 2.05) is 26.0 Å². The van der Waals surface area contributed by atoms with Gasteiger partial charge in [0.1, 0.15) is 18.1 Å². The predicted molar refractivity (Wildman–Crippen MR) is 174 cm³/mol. The van der Waals surface area contributed by atoms with E-state index in [1.165, 1.54) is 24.0 Å². The van der Waals surface area contributed by atoms with Crippen molar-refractivity contribution in [2.75, 3.05) is 11.9 Å². The molecule has 10 nitrogen and oxygen atoms in total. The van der Waals surface area contributed by atoms with Crippen molar-refractivity contribution in [1.82, 2.24) is 9.80 Å². The van der Waals surface area contributed by atoms with E-state index in [0.29, 0.717) is 35.2 Å². The first-order valence-electron chi connectivity index (χ1n) is 16.0. The van der Waals surface area contributed by atoms with Crippen LogP contribution in [0.3, 0.4) is 0 Å².